The van der Waals surface area contributed by atoms with Crippen LogP contribution in [0, 0.1) is 0 Å². The zero-order chi connectivity index (χ0) is 37.8. The molecule has 1 amide bonds. The zero-order valence-corrected chi connectivity index (χ0v) is 35.1. The summed E-state index contributed by atoms with van der Waals surface area (Å²) in [5.74, 6) is -0.139. The van der Waals surface area contributed by atoms with Crippen LogP contribution < -0.4 is 10.6 Å². The third kappa shape index (κ3) is 31.8. The lowest BCUT2D eigenvalue weighted by molar-refractivity contribution is -0.123. The highest BCUT2D eigenvalue weighted by atomic mass is 31.2. The molecular weight excluding hydrogens is 673 g/mol. The highest BCUT2D eigenvalue weighted by Crippen LogP contribution is 2.43. The summed E-state index contributed by atoms with van der Waals surface area (Å²) in [6.07, 6.45) is 35.4. The van der Waals surface area contributed by atoms with Crippen molar-refractivity contribution in [1.82, 2.24) is 15.5 Å². The van der Waals surface area contributed by atoms with Crippen LogP contribution in [0.2, 0.25) is 0 Å². The highest BCUT2D eigenvalue weighted by molar-refractivity contribution is 7.47. The van der Waals surface area contributed by atoms with Crippen LogP contribution in [0.4, 0.5) is 0 Å². The molecule has 0 aliphatic carbocycles. The van der Waals surface area contributed by atoms with E-state index in [0.717, 1.165) is 64.7 Å². The Morgan fingerprint density at radius 1 is 0.654 bits per heavy atom. The minimum atomic E-state index is -4.32. The Balaban J connectivity index is 2.31. The number of amides is 1. The van der Waals surface area contributed by atoms with Crippen LogP contribution in [-0.4, -0.2) is 78.9 Å². The topological polar surface area (TPSA) is 120 Å². The largest absolute Gasteiger partial charge is 0.472 e. The molecule has 0 aromatic heterocycles. The minimum Gasteiger partial charge on any atom is -0.391 e. The number of carbonyl (C=O) groups is 1. The molecule has 0 bridgehead atoms. The number of aliphatic hydroxyl groups is 1. The molecule has 9 nitrogen and oxygen atoms in total. The molecule has 4 N–H and O–H groups in total. The van der Waals surface area contributed by atoms with E-state index in [2.05, 4.69) is 29.4 Å². The maximum absolute atomic E-state index is 12.9. The lowest BCUT2D eigenvalue weighted by Gasteiger charge is -2.27. The SMILES string of the molecule is CCCCCCCCCCCCCCCCCC(=O)N[C@@H](COP(=O)(O)OCCN1CCNCC1)[C@H](O)CCCCCCCCCCCCCCC. The van der Waals surface area contributed by atoms with Gasteiger partial charge in [0.2, 0.25) is 5.91 Å². The minimum absolute atomic E-state index is 0.0888. The second-order valence-corrected chi connectivity index (χ2v) is 17.1. The lowest BCUT2D eigenvalue weighted by atomic mass is 10.0. The van der Waals surface area contributed by atoms with E-state index in [9.17, 15) is 19.4 Å². The maximum atomic E-state index is 12.9. The molecular formula is C42H86N3O6P. The van der Waals surface area contributed by atoms with E-state index >= 15 is 0 Å². The van der Waals surface area contributed by atoms with Gasteiger partial charge in [0.25, 0.3) is 0 Å². The van der Waals surface area contributed by atoms with Gasteiger partial charge >= 0.3 is 7.82 Å². The summed E-state index contributed by atoms with van der Waals surface area (Å²) in [6, 6.07) is -0.751. The average Bonchev–Trinajstić information content (AvgIpc) is 3.14. The lowest BCUT2D eigenvalue weighted by Crippen LogP contribution is -2.46. The van der Waals surface area contributed by atoms with Gasteiger partial charge in [0.05, 0.1) is 25.4 Å². The summed E-state index contributed by atoms with van der Waals surface area (Å²) < 4.78 is 23.2. The van der Waals surface area contributed by atoms with Gasteiger partial charge in [-0.05, 0) is 12.8 Å². The number of hydrogen-bond donors (Lipinski definition) is 4. The molecule has 0 saturated carbocycles. The van der Waals surface area contributed by atoms with Gasteiger partial charge in [-0.15, -0.1) is 0 Å². The Bertz CT molecular complexity index is 832. The molecule has 0 spiro atoms. The number of nitrogens with zero attached hydrogens (tertiary/aromatic N) is 1. The number of phosphoric ester groups is 1. The van der Waals surface area contributed by atoms with Crippen molar-refractivity contribution >= 4 is 13.7 Å². The second-order valence-electron chi connectivity index (χ2n) is 15.7. The molecule has 10 heteroatoms. The van der Waals surface area contributed by atoms with E-state index in [1.807, 2.05) is 0 Å². The molecule has 0 radical (unpaired) electrons. The highest BCUT2D eigenvalue weighted by Gasteiger charge is 2.28. The number of carbonyl (C=O) groups excluding carboxylic acids is 1. The molecule has 310 valence electrons. The van der Waals surface area contributed by atoms with Crippen LogP contribution >= 0.6 is 7.82 Å². The summed E-state index contributed by atoms with van der Waals surface area (Å²) >= 11 is 0. The third-order valence-electron chi connectivity index (χ3n) is 10.7. The Hall–Kier alpha value is -0.540. The van der Waals surface area contributed by atoms with E-state index in [0.29, 0.717) is 19.4 Å². The smallest absolute Gasteiger partial charge is 0.391 e. The molecule has 0 aromatic carbocycles. The van der Waals surface area contributed by atoms with Crippen molar-refractivity contribution in [3.8, 4) is 0 Å². The molecule has 1 saturated heterocycles. The first-order chi connectivity index (χ1) is 25.4. The van der Waals surface area contributed by atoms with E-state index in [4.69, 9.17) is 9.05 Å². The van der Waals surface area contributed by atoms with Crippen molar-refractivity contribution < 1.29 is 28.4 Å². The number of unbranched alkanes of at least 4 members (excludes halogenated alkanes) is 26. The normalized spacial score (nSPS) is 16.2. The van der Waals surface area contributed by atoms with Gasteiger partial charge in [-0.3, -0.25) is 18.7 Å². The van der Waals surface area contributed by atoms with Crippen LogP contribution in [0.25, 0.3) is 0 Å². The van der Waals surface area contributed by atoms with Gasteiger partial charge in [0.15, 0.2) is 0 Å². The Morgan fingerprint density at radius 2 is 1.06 bits per heavy atom. The van der Waals surface area contributed by atoms with Gasteiger partial charge in [-0.25, -0.2) is 4.57 Å². The van der Waals surface area contributed by atoms with Gasteiger partial charge in [-0.1, -0.05) is 187 Å². The molecule has 1 aliphatic heterocycles. The average molecular weight is 760 g/mol. The van der Waals surface area contributed by atoms with Gasteiger partial charge in [0.1, 0.15) is 0 Å². The van der Waals surface area contributed by atoms with Crippen molar-refractivity contribution in [3.05, 3.63) is 0 Å². The Labute approximate surface area is 321 Å². The molecule has 3 atom stereocenters. The fourth-order valence-electron chi connectivity index (χ4n) is 7.19. The van der Waals surface area contributed by atoms with Crippen molar-refractivity contribution in [2.45, 2.75) is 219 Å². The van der Waals surface area contributed by atoms with Crippen LogP contribution in [0.15, 0.2) is 0 Å². The first kappa shape index (κ1) is 49.5. The van der Waals surface area contributed by atoms with Crippen LogP contribution in [0.1, 0.15) is 206 Å². The number of aliphatic hydroxyl groups excluding tert-OH is 1. The number of nitrogens with one attached hydrogen (secondary N) is 2. The molecule has 1 aliphatic rings. The van der Waals surface area contributed by atoms with Crippen LogP contribution in [0.5, 0.6) is 0 Å². The summed E-state index contributed by atoms with van der Waals surface area (Å²) in [5, 5.41) is 17.3. The molecule has 52 heavy (non-hydrogen) atoms. The van der Waals surface area contributed by atoms with E-state index in [-0.39, 0.29) is 19.1 Å². The van der Waals surface area contributed by atoms with Gasteiger partial charge in [-0.2, -0.15) is 0 Å². The van der Waals surface area contributed by atoms with Gasteiger partial charge in [0, 0.05) is 39.1 Å². The van der Waals surface area contributed by atoms with Crippen molar-refractivity contribution in [1.29, 1.82) is 0 Å². The molecule has 1 heterocycles. The first-order valence-electron chi connectivity index (χ1n) is 22.4. The molecule has 1 fully saturated rings. The predicted molar refractivity (Wildman–Crippen MR) is 219 cm³/mol. The number of piperazine rings is 1. The summed E-state index contributed by atoms with van der Waals surface area (Å²) in [7, 11) is -4.32. The van der Waals surface area contributed by atoms with E-state index in [1.165, 1.54) is 141 Å². The Kier molecular flexibility index (Phi) is 34.4. The fourth-order valence-corrected chi connectivity index (χ4v) is 7.92. The molecule has 1 unspecified atom stereocenters. The number of hydrogen-bond acceptors (Lipinski definition) is 7. The van der Waals surface area contributed by atoms with Crippen molar-refractivity contribution in [3.63, 3.8) is 0 Å². The van der Waals surface area contributed by atoms with E-state index in [1.54, 1.807) is 0 Å². The summed E-state index contributed by atoms with van der Waals surface area (Å²) in [6.45, 7) is 8.45. The van der Waals surface area contributed by atoms with Crippen molar-refractivity contribution in [2.75, 3.05) is 45.9 Å². The monoisotopic (exact) mass is 760 g/mol. The van der Waals surface area contributed by atoms with Crippen LogP contribution in [0.3, 0.4) is 0 Å². The quantitative estimate of drug-likeness (QED) is 0.0361. The second kappa shape index (κ2) is 36.1. The van der Waals surface area contributed by atoms with Gasteiger partial charge < -0.3 is 20.6 Å². The standard InChI is InChI=1S/C42H86N3O6P/c1-3-5-7-9-11-13-15-17-18-20-22-24-26-28-30-32-42(47)44-40(39-51-52(48,49)50-38-37-45-35-33-43-34-36-45)41(46)31-29-27-25-23-21-19-16-14-12-10-8-6-4-2/h40-41,43,46H,3-39H2,1-2H3,(H,44,47)(H,48,49)/t40-,41+/m0/s1. The molecule has 0 aromatic rings. The Morgan fingerprint density at radius 3 is 1.50 bits per heavy atom. The summed E-state index contributed by atoms with van der Waals surface area (Å²) in [4.78, 5) is 25.4. The van der Waals surface area contributed by atoms with Crippen molar-refractivity contribution in [2.24, 2.45) is 0 Å². The molecule has 1 rings (SSSR count). The third-order valence-corrected chi connectivity index (χ3v) is 11.7. The summed E-state index contributed by atoms with van der Waals surface area (Å²) in [5.41, 5.74) is 0. The van der Waals surface area contributed by atoms with E-state index < -0.39 is 20.0 Å². The number of phosphoric acid groups is 1. The zero-order valence-electron chi connectivity index (χ0n) is 34.2. The first-order valence-corrected chi connectivity index (χ1v) is 23.9. The van der Waals surface area contributed by atoms with Crippen LogP contribution in [-0.2, 0) is 18.4 Å². The predicted octanol–water partition coefficient (Wildman–Crippen LogP) is 10.6. The fraction of sp³-hybridized carbons (Fsp3) is 0.976. The number of rotatable bonds is 39. The maximum Gasteiger partial charge on any atom is 0.472 e.